The van der Waals surface area contributed by atoms with Crippen LogP contribution in [0.5, 0.6) is 0 Å². The molecule has 1 saturated heterocycles. The first-order chi connectivity index (χ1) is 9.74. The number of amides is 1. The average molecular weight is 288 g/mol. The summed E-state index contributed by atoms with van der Waals surface area (Å²) in [5, 5.41) is 11.3. The van der Waals surface area contributed by atoms with Crippen molar-refractivity contribution in [2.24, 2.45) is 10.2 Å². The minimum Gasteiger partial charge on any atom is -0.303 e. The Labute approximate surface area is 118 Å². The van der Waals surface area contributed by atoms with Gasteiger partial charge in [0.15, 0.2) is 5.17 Å². The van der Waals surface area contributed by atoms with Gasteiger partial charge in [-0.2, -0.15) is 5.10 Å². The van der Waals surface area contributed by atoms with Crippen LogP contribution >= 0.6 is 11.8 Å². The van der Waals surface area contributed by atoms with Crippen molar-refractivity contribution < 1.29 is 9.18 Å². The van der Waals surface area contributed by atoms with E-state index in [1.807, 2.05) is 0 Å². The number of halogens is 1. The molecule has 3 rings (SSSR count). The van der Waals surface area contributed by atoms with Gasteiger partial charge in [0.05, 0.1) is 17.5 Å². The molecule has 100 valence electrons. The Balaban J connectivity index is 1.91. The number of carbonyl (C=O) groups is 1. The van der Waals surface area contributed by atoms with Crippen molar-refractivity contribution in [1.82, 2.24) is 10.3 Å². The first-order valence-corrected chi connectivity index (χ1v) is 6.79. The van der Waals surface area contributed by atoms with E-state index in [1.165, 1.54) is 24.0 Å². The normalized spacial score (nSPS) is 17.2. The average Bonchev–Trinajstić information content (AvgIpc) is 2.87. The van der Waals surface area contributed by atoms with Crippen molar-refractivity contribution in [3.8, 4) is 0 Å². The van der Waals surface area contributed by atoms with E-state index in [-0.39, 0.29) is 11.7 Å². The molecule has 1 amide bonds. The summed E-state index contributed by atoms with van der Waals surface area (Å²) >= 11 is 1.29. The van der Waals surface area contributed by atoms with E-state index in [0.717, 1.165) is 0 Å². The van der Waals surface area contributed by atoms with Crippen LogP contribution in [0.4, 0.5) is 4.39 Å². The first kappa shape index (κ1) is 12.7. The smallest absolute Gasteiger partial charge is 0.236 e. The number of fused-ring (bicyclic) bond motifs is 1. The maximum absolute atomic E-state index is 13.6. The number of carbonyl (C=O) groups excluding carboxylic acids is 1. The van der Waals surface area contributed by atoms with E-state index < -0.39 is 0 Å². The molecule has 0 atom stereocenters. The lowest BCUT2D eigenvalue weighted by Crippen LogP contribution is -2.19. The van der Waals surface area contributed by atoms with Gasteiger partial charge in [-0.3, -0.25) is 9.78 Å². The number of nitrogens with one attached hydrogen (secondary N) is 1. The van der Waals surface area contributed by atoms with Crippen LogP contribution in [-0.4, -0.2) is 28.0 Å². The molecule has 5 nitrogen and oxygen atoms in total. The minimum atomic E-state index is -0.324. The summed E-state index contributed by atoms with van der Waals surface area (Å²) in [6.07, 6.45) is 3.09. The maximum Gasteiger partial charge on any atom is 0.236 e. The standard InChI is InChI=1S/C13H9FN4OS/c14-10-4-3-8(12-9(10)2-1-5-15-12)6-16-18-13-17-11(19)7-20-13/h1-6H,7H2,(H,17,18,19). The zero-order valence-corrected chi connectivity index (χ0v) is 11.0. The van der Waals surface area contributed by atoms with E-state index in [0.29, 0.717) is 27.4 Å². The Morgan fingerprint density at radius 2 is 2.30 bits per heavy atom. The molecule has 2 aromatic rings. The second-order valence-electron chi connectivity index (χ2n) is 4.02. The fraction of sp³-hybridized carbons (Fsp3) is 0.0769. The highest BCUT2D eigenvalue weighted by atomic mass is 32.2. The van der Waals surface area contributed by atoms with Crippen molar-refractivity contribution in [1.29, 1.82) is 0 Å². The third-order valence-electron chi connectivity index (χ3n) is 2.68. The Morgan fingerprint density at radius 3 is 3.10 bits per heavy atom. The topological polar surface area (TPSA) is 66.7 Å². The molecule has 0 aliphatic carbocycles. The number of benzene rings is 1. The van der Waals surface area contributed by atoms with E-state index in [4.69, 9.17) is 0 Å². The molecule has 1 aromatic carbocycles. The van der Waals surface area contributed by atoms with Gasteiger partial charge in [-0.1, -0.05) is 11.8 Å². The van der Waals surface area contributed by atoms with Gasteiger partial charge in [0, 0.05) is 17.1 Å². The van der Waals surface area contributed by atoms with Crippen molar-refractivity contribution >= 4 is 40.0 Å². The fourth-order valence-electron chi connectivity index (χ4n) is 1.79. The van der Waals surface area contributed by atoms with Crippen LogP contribution in [0.25, 0.3) is 10.9 Å². The van der Waals surface area contributed by atoms with Crippen LogP contribution in [0.3, 0.4) is 0 Å². The predicted octanol–water partition coefficient (Wildman–Crippen LogP) is 1.93. The third-order valence-corrected chi connectivity index (χ3v) is 3.54. The Hall–Kier alpha value is -2.28. The Bertz CT molecular complexity index is 744. The zero-order valence-electron chi connectivity index (χ0n) is 10.2. The molecule has 0 unspecified atom stereocenters. The highest BCUT2D eigenvalue weighted by molar-refractivity contribution is 8.15. The van der Waals surface area contributed by atoms with Gasteiger partial charge < -0.3 is 5.32 Å². The number of pyridine rings is 1. The molecule has 7 heteroatoms. The molecule has 1 fully saturated rings. The largest absolute Gasteiger partial charge is 0.303 e. The Morgan fingerprint density at radius 1 is 1.40 bits per heavy atom. The molecule has 2 heterocycles. The lowest BCUT2D eigenvalue weighted by molar-refractivity contribution is -0.116. The van der Waals surface area contributed by atoms with E-state index in [2.05, 4.69) is 20.5 Å². The van der Waals surface area contributed by atoms with Gasteiger partial charge in [0.25, 0.3) is 0 Å². The second kappa shape index (κ2) is 5.38. The number of nitrogens with zero attached hydrogens (tertiary/aromatic N) is 3. The molecule has 0 bridgehead atoms. The number of thioether (sulfide) groups is 1. The van der Waals surface area contributed by atoms with Crippen LogP contribution in [0.15, 0.2) is 40.7 Å². The molecular formula is C13H9FN4OS. The highest BCUT2D eigenvalue weighted by Crippen LogP contribution is 2.18. The number of amidine groups is 1. The van der Waals surface area contributed by atoms with Gasteiger partial charge in [0.2, 0.25) is 5.91 Å². The summed E-state index contributed by atoms with van der Waals surface area (Å²) in [5.74, 6) is -0.0527. The van der Waals surface area contributed by atoms with Crippen molar-refractivity contribution in [2.45, 2.75) is 0 Å². The molecule has 0 radical (unpaired) electrons. The first-order valence-electron chi connectivity index (χ1n) is 5.81. The second-order valence-corrected chi connectivity index (χ2v) is 4.99. The summed E-state index contributed by atoms with van der Waals surface area (Å²) in [6.45, 7) is 0. The minimum absolute atomic E-state index is 0.0853. The summed E-state index contributed by atoms with van der Waals surface area (Å²) < 4.78 is 13.6. The predicted molar refractivity (Wildman–Crippen MR) is 77.3 cm³/mol. The Kier molecular flexibility index (Phi) is 3.42. The van der Waals surface area contributed by atoms with E-state index >= 15 is 0 Å². The van der Waals surface area contributed by atoms with Gasteiger partial charge >= 0.3 is 0 Å². The lowest BCUT2D eigenvalue weighted by Gasteiger charge is -2.01. The number of rotatable bonds is 2. The van der Waals surface area contributed by atoms with Crippen LogP contribution in [-0.2, 0) is 4.79 Å². The van der Waals surface area contributed by atoms with Crippen LogP contribution in [0, 0.1) is 5.82 Å². The van der Waals surface area contributed by atoms with Gasteiger partial charge in [-0.15, -0.1) is 5.10 Å². The third kappa shape index (κ3) is 2.53. The molecular weight excluding hydrogens is 279 g/mol. The molecule has 0 spiro atoms. The summed E-state index contributed by atoms with van der Waals surface area (Å²) in [4.78, 5) is 15.1. The van der Waals surface area contributed by atoms with Crippen LogP contribution in [0.2, 0.25) is 0 Å². The van der Waals surface area contributed by atoms with E-state index in [1.54, 1.807) is 24.4 Å². The van der Waals surface area contributed by atoms with Crippen molar-refractivity contribution in [2.75, 3.05) is 5.75 Å². The van der Waals surface area contributed by atoms with Gasteiger partial charge in [0.1, 0.15) is 5.82 Å². The molecule has 1 aliphatic rings. The quantitative estimate of drug-likeness (QED) is 0.678. The van der Waals surface area contributed by atoms with Crippen molar-refractivity contribution in [3.63, 3.8) is 0 Å². The van der Waals surface area contributed by atoms with Crippen LogP contribution in [0.1, 0.15) is 5.56 Å². The number of hydrogen-bond donors (Lipinski definition) is 1. The lowest BCUT2D eigenvalue weighted by atomic mass is 10.1. The molecule has 0 saturated carbocycles. The summed E-state index contributed by atoms with van der Waals surface area (Å²) in [5.41, 5.74) is 1.19. The number of aromatic nitrogens is 1. The van der Waals surface area contributed by atoms with E-state index in [9.17, 15) is 9.18 Å². The highest BCUT2D eigenvalue weighted by Gasteiger charge is 2.15. The maximum atomic E-state index is 13.6. The molecule has 1 aromatic heterocycles. The zero-order chi connectivity index (χ0) is 13.9. The van der Waals surface area contributed by atoms with Crippen molar-refractivity contribution in [3.05, 3.63) is 41.8 Å². The summed E-state index contributed by atoms with van der Waals surface area (Å²) in [7, 11) is 0. The number of hydrogen-bond acceptors (Lipinski definition) is 5. The molecule has 20 heavy (non-hydrogen) atoms. The van der Waals surface area contributed by atoms with Gasteiger partial charge in [-0.25, -0.2) is 4.39 Å². The molecule has 1 aliphatic heterocycles. The molecule has 1 N–H and O–H groups in total. The fourth-order valence-corrected chi connectivity index (χ4v) is 2.42. The monoisotopic (exact) mass is 288 g/mol. The summed E-state index contributed by atoms with van der Waals surface area (Å²) in [6, 6.07) is 6.30. The van der Waals surface area contributed by atoms with Gasteiger partial charge in [-0.05, 0) is 24.3 Å². The van der Waals surface area contributed by atoms with Crippen LogP contribution < -0.4 is 5.32 Å². The SMILES string of the molecule is O=C1CSC(=NN=Cc2ccc(F)c3cccnc23)N1.